The third-order valence-corrected chi connectivity index (χ3v) is 4.40. The molecule has 2 rings (SSSR count). The highest BCUT2D eigenvalue weighted by atomic mass is 32.2. The van der Waals surface area contributed by atoms with Gasteiger partial charge in [0, 0.05) is 34.3 Å². The molecule has 0 unspecified atom stereocenters. The van der Waals surface area contributed by atoms with Gasteiger partial charge in [-0.15, -0.1) is 10.2 Å². The fourth-order valence-electron chi connectivity index (χ4n) is 1.34. The van der Waals surface area contributed by atoms with Crippen LogP contribution >= 0.6 is 23.1 Å². The SMILES string of the molecule is CN(C)c1cc(C(F)(F)F)nc(Sc2nnc(N(C)C)s2)n1. The van der Waals surface area contributed by atoms with Gasteiger partial charge >= 0.3 is 6.18 Å². The smallest absolute Gasteiger partial charge is 0.363 e. The topological polar surface area (TPSA) is 58.0 Å². The Morgan fingerprint density at radius 1 is 1.05 bits per heavy atom. The van der Waals surface area contributed by atoms with Gasteiger partial charge in [0.2, 0.25) is 5.13 Å². The summed E-state index contributed by atoms with van der Waals surface area (Å²) in [5.74, 6) is 0.183. The van der Waals surface area contributed by atoms with Crippen LogP contribution in [0.3, 0.4) is 0 Å². The summed E-state index contributed by atoms with van der Waals surface area (Å²) in [4.78, 5) is 10.9. The van der Waals surface area contributed by atoms with Crippen LogP contribution in [-0.4, -0.2) is 48.4 Å². The Bertz CT molecular complexity index is 656. The van der Waals surface area contributed by atoms with Gasteiger partial charge in [-0.05, 0) is 11.8 Å². The van der Waals surface area contributed by atoms with Crippen molar-refractivity contribution in [2.45, 2.75) is 15.7 Å². The zero-order valence-corrected chi connectivity index (χ0v) is 13.8. The highest BCUT2D eigenvalue weighted by molar-refractivity contribution is 8.00. The van der Waals surface area contributed by atoms with E-state index in [9.17, 15) is 13.2 Å². The Morgan fingerprint density at radius 2 is 1.73 bits per heavy atom. The van der Waals surface area contributed by atoms with E-state index in [0.717, 1.165) is 17.8 Å². The molecule has 0 spiro atoms. The van der Waals surface area contributed by atoms with Gasteiger partial charge < -0.3 is 9.80 Å². The Labute approximate surface area is 133 Å². The monoisotopic (exact) mass is 350 g/mol. The second-order valence-corrected chi connectivity index (χ2v) is 6.80. The van der Waals surface area contributed by atoms with Gasteiger partial charge in [0.25, 0.3) is 0 Å². The van der Waals surface area contributed by atoms with E-state index in [1.807, 2.05) is 0 Å². The Hall–Kier alpha value is -1.62. The van der Waals surface area contributed by atoms with Crippen molar-refractivity contribution in [2.75, 3.05) is 38.0 Å². The maximum Gasteiger partial charge on any atom is 0.433 e. The standard InChI is InChI=1S/C11H13F3N6S2/c1-19(2)7-5-6(11(12,13)14)15-8(16-7)21-10-18-17-9(22-10)20(3)4/h5H,1-4H3. The molecule has 120 valence electrons. The van der Waals surface area contributed by atoms with Crippen molar-refractivity contribution < 1.29 is 13.2 Å². The number of aromatic nitrogens is 4. The van der Waals surface area contributed by atoms with Gasteiger partial charge in [0.15, 0.2) is 15.2 Å². The van der Waals surface area contributed by atoms with E-state index in [0.29, 0.717) is 9.47 Å². The largest absolute Gasteiger partial charge is 0.433 e. The zero-order valence-electron chi connectivity index (χ0n) is 12.2. The Morgan fingerprint density at radius 3 is 2.23 bits per heavy atom. The van der Waals surface area contributed by atoms with Crippen LogP contribution in [0.2, 0.25) is 0 Å². The summed E-state index contributed by atoms with van der Waals surface area (Å²) in [7, 11) is 6.85. The van der Waals surface area contributed by atoms with E-state index in [-0.39, 0.29) is 11.0 Å². The lowest BCUT2D eigenvalue weighted by molar-refractivity contribution is -0.141. The van der Waals surface area contributed by atoms with E-state index in [4.69, 9.17) is 0 Å². The van der Waals surface area contributed by atoms with Crippen molar-refractivity contribution >= 4 is 34.0 Å². The molecule has 0 atom stereocenters. The van der Waals surface area contributed by atoms with Gasteiger partial charge in [-0.3, -0.25) is 0 Å². The molecule has 6 nitrogen and oxygen atoms in total. The molecule has 0 saturated heterocycles. The summed E-state index contributed by atoms with van der Waals surface area (Å²) >= 11 is 2.21. The average Bonchev–Trinajstić information content (AvgIpc) is 2.86. The van der Waals surface area contributed by atoms with Crippen LogP contribution in [-0.2, 0) is 6.18 Å². The van der Waals surface area contributed by atoms with E-state index < -0.39 is 11.9 Å². The summed E-state index contributed by atoms with van der Waals surface area (Å²) < 4.78 is 39.2. The molecule has 2 heterocycles. The van der Waals surface area contributed by atoms with Gasteiger partial charge in [0.1, 0.15) is 5.82 Å². The first kappa shape index (κ1) is 16.7. The van der Waals surface area contributed by atoms with Crippen molar-refractivity contribution in [1.29, 1.82) is 0 Å². The lowest BCUT2D eigenvalue weighted by Gasteiger charge is -2.14. The first-order valence-corrected chi connectivity index (χ1v) is 7.62. The summed E-state index contributed by atoms with van der Waals surface area (Å²) in [5.41, 5.74) is -0.981. The summed E-state index contributed by atoms with van der Waals surface area (Å²) in [6, 6.07) is 0.912. The van der Waals surface area contributed by atoms with Crippen molar-refractivity contribution in [3.63, 3.8) is 0 Å². The first-order valence-electron chi connectivity index (χ1n) is 5.99. The highest BCUT2D eigenvalue weighted by Gasteiger charge is 2.34. The van der Waals surface area contributed by atoms with Crippen LogP contribution in [0.25, 0.3) is 0 Å². The molecule has 22 heavy (non-hydrogen) atoms. The van der Waals surface area contributed by atoms with Gasteiger partial charge in [-0.1, -0.05) is 11.3 Å². The summed E-state index contributed by atoms with van der Waals surface area (Å²) in [5, 5.41) is 8.48. The number of halogens is 3. The second kappa shape index (κ2) is 6.24. The molecule has 0 aliphatic heterocycles. The van der Waals surface area contributed by atoms with Crippen LogP contribution in [0.15, 0.2) is 15.6 Å². The molecule has 0 saturated carbocycles. The first-order chi connectivity index (χ1) is 10.2. The lowest BCUT2D eigenvalue weighted by Crippen LogP contribution is -2.15. The fraction of sp³-hybridized carbons (Fsp3) is 0.455. The van der Waals surface area contributed by atoms with Crippen LogP contribution < -0.4 is 9.80 Å². The Balaban J connectivity index is 2.34. The number of nitrogens with zero attached hydrogens (tertiary/aromatic N) is 6. The van der Waals surface area contributed by atoms with E-state index in [1.54, 1.807) is 33.1 Å². The molecular formula is C11H13F3N6S2. The van der Waals surface area contributed by atoms with E-state index in [2.05, 4.69) is 20.2 Å². The quantitative estimate of drug-likeness (QED) is 0.786. The molecule has 0 bridgehead atoms. The summed E-state index contributed by atoms with van der Waals surface area (Å²) in [6.45, 7) is 0. The van der Waals surface area contributed by atoms with Crippen LogP contribution in [0.5, 0.6) is 0 Å². The number of alkyl halides is 3. The van der Waals surface area contributed by atoms with Gasteiger partial charge in [0.05, 0.1) is 0 Å². The minimum atomic E-state index is -4.53. The van der Waals surface area contributed by atoms with Crippen molar-refractivity contribution in [3.05, 3.63) is 11.8 Å². The molecule has 0 N–H and O–H groups in total. The highest BCUT2D eigenvalue weighted by Crippen LogP contribution is 2.35. The number of hydrogen-bond acceptors (Lipinski definition) is 8. The lowest BCUT2D eigenvalue weighted by atomic mass is 10.4. The minimum absolute atomic E-state index is 0.0139. The number of anilines is 2. The molecular weight excluding hydrogens is 337 g/mol. The molecule has 2 aromatic rings. The van der Waals surface area contributed by atoms with Gasteiger partial charge in [-0.25, -0.2) is 9.97 Å². The third kappa shape index (κ3) is 3.97. The zero-order chi connectivity index (χ0) is 16.5. The van der Waals surface area contributed by atoms with Crippen molar-refractivity contribution in [2.24, 2.45) is 0 Å². The normalized spacial score (nSPS) is 11.6. The molecule has 0 fully saturated rings. The van der Waals surface area contributed by atoms with E-state index >= 15 is 0 Å². The van der Waals surface area contributed by atoms with Crippen LogP contribution in [0.4, 0.5) is 24.1 Å². The summed E-state index contributed by atoms with van der Waals surface area (Å²) in [6.07, 6.45) is -4.53. The predicted octanol–water partition coefficient (Wildman–Crippen LogP) is 2.63. The second-order valence-electron chi connectivity index (χ2n) is 4.63. The van der Waals surface area contributed by atoms with Crippen molar-refractivity contribution in [3.8, 4) is 0 Å². The molecule has 0 radical (unpaired) electrons. The molecule has 0 aliphatic carbocycles. The maximum absolute atomic E-state index is 12.9. The van der Waals surface area contributed by atoms with Gasteiger partial charge in [-0.2, -0.15) is 13.2 Å². The number of hydrogen-bond donors (Lipinski definition) is 0. The number of rotatable bonds is 4. The molecule has 2 aromatic heterocycles. The maximum atomic E-state index is 12.9. The third-order valence-electron chi connectivity index (χ3n) is 2.40. The minimum Gasteiger partial charge on any atom is -0.363 e. The van der Waals surface area contributed by atoms with E-state index in [1.165, 1.54) is 16.2 Å². The van der Waals surface area contributed by atoms with Crippen LogP contribution in [0.1, 0.15) is 5.69 Å². The molecule has 0 aliphatic rings. The molecule has 0 amide bonds. The van der Waals surface area contributed by atoms with Crippen molar-refractivity contribution in [1.82, 2.24) is 20.2 Å². The average molecular weight is 350 g/mol. The predicted molar refractivity (Wildman–Crippen MR) is 79.7 cm³/mol. The fourth-order valence-corrected chi connectivity index (χ4v) is 2.97. The molecule has 0 aromatic carbocycles. The molecule has 11 heteroatoms. The van der Waals surface area contributed by atoms with Crippen LogP contribution in [0, 0.1) is 0 Å². The Kier molecular flexibility index (Phi) is 4.75.